The van der Waals surface area contributed by atoms with E-state index in [1.165, 1.54) is 0 Å². The topological polar surface area (TPSA) is 9.23 Å². The number of ether oxygens (including phenoxy) is 1. The Morgan fingerprint density at radius 2 is 1.07 bits per heavy atom. The maximum Gasteiger partial charge on any atom is 0.109 e. The van der Waals surface area contributed by atoms with Crippen LogP contribution in [0.5, 0.6) is 0 Å². The minimum Gasteiger partial charge on any atom is -0.356 e. The summed E-state index contributed by atoms with van der Waals surface area (Å²) in [4.78, 5) is 0. The SMILES string of the molecule is CC(C)(C)C#CCOCC#CC(C)(C)C. The van der Waals surface area contributed by atoms with Gasteiger partial charge in [-0.2, -0.15) is 0 Å². The van der Waals surface area contributed by atoms with Crippen LogP contribution < -0.4 is 0 Å². The highest BCUT2D eigenvalue weighted by atomic mass is 16.5. The Balaban J connectivity index is 3.72. The van der Waals surface area contributed by atoms with E-state index in [0.29, 0.717) is 13.2 Å². The zero-order valence-corrected chi connectivity index (χ0v) is 10.8. The average molecular weight is 206 g/mol. The molecule has 84 valence electrons. The smallest absolute Gasteiger partial charge is 0.109 e. The van der Waals surface area contributed by atoms with Gasteiger partial charge >= 0.3 is 0 Å². The Bertz CT molecular complexity index is 259. The molecule has 0 aliphatic rings. The fraction of sp³-hybridized carbons (Fsp3) is 0.714. The first-order valence-corrected chi connectivity index (χ1v) is 5.28. The lowest BCUT2D eigenvalue weighted by molar-refractivity contribution is 0.204. The van der Waals surface area contributed by atoms with Crippen LogP contribution in [-0.2, 0) is 4.74 Å². The zero-order chi connectivity index (χ0) is 11.9. The molecule has 0 radical (unpaired) electrons. The molecule has 0 N–H and O–H groups in total. The van der Waals surface area contributed by atoms with Crippen molar-refractivity contribution in [2.45, 2.75) is 41.5 Å². The summed E-state index contributed by atoms with van der Waals surface area (Å²) >= 11 is 0. The van der Waals surface area contributed by atoms with Crippen molar-refractivity contribution in [3.05, 3.63) is 0 Å². The molecule has 1 nitrogen and oxygen atoms in total. The van der Waals surface area contributed by atoms with Crippen molar-refractivity contribution in [3.63, 3.8) is 0 Å². The largest absolute Gasteiger partial charge is 0.356 e. The van der Waals surface area contributed by atoms with Gasteiger partial charge < -0.3 is 4.74 Å². The second-order valence-electron chi connectivity index (χ2n) is 5.60. The van der Waals surface area contributed by atoms with E-state index in [0.717, 1.165) is 0 Å². The van der Waals surface area contributed by atoms with E-state index in [1.807, 2.05) is 0 Å². The normalized spacial score (nSPS) is 11.1. The van der Waals surface area contributed by atoms with Gasteiger partial charge in [0.15, 0.2) is 0 Å². The summed E-state index contributed by atoms with van der Waals surface area (Å²) < 4.78 is 5.28. The highest BCUT2D eigenvalue weighted by Crippen LogP contribution is 2.10. The Morgan fingerprint density at radius 1 is 0.733 bits per heavy atom. The van der Waals surface area contributed by atoms with Gasteiger partial charge in [-0.25, -0.2) is 0 Å². The Kier molecular flexibility index (Phi) is 5.48. The number of hydrogen-bond donors (Lipinski definition) is 0. The van der Waals surface area contributed by atoms with E-state index < -0.39 is 0 Å². The molecular weight excluding hydrogens is 184 g/mol. The second-order valence-corrected chi connectivity index (χ2v) is 5.60. The van der Waals surface area contributed by atoms with Gasteiger partial charge in [-0.3, -0.25) is 0 Å². The van der Waals surface area contributed by atoms with Crippen LogP contribution in [0, 0.1) is 34.5 Å². The summed E-state index contributed by atoms with van der Waals surface area (Å²) in [5, 5.41) is 0. The van der Waals surface area contributed by atoms with Crippen molar-refractivity contribution in [1.29, 1.82) is 0 Å². The van der Waals surface area contributed by atoms with Crippen LogP contribution in [0.4, 0.5) is 0 Å². The summed E-state index contributed by atoms with van der Waals surface area (Å²) in [7, 11) is 0. The van der Waals surface area contributed by atoms with Crippen LogP contribution in [0.3, 0.4) is 0 Å². The lowest BCUT2D eigenvalue weighted by atomic mass is 9.98. The van der Waals surface area contributed by atoms with Gasteiger partial charge in [0.05, 0.1) is 0 Å². The Labute approximate surface area is 94.6 Å². The van der Waals surface area contributed by atoms with E-state index >= 15 is 0 Å². The number of hydrogen-bond acceptors (Lipinski definition) is 1. The van der Waals surface area contributed by atoms with Crippen LogP contribution in [0.15, 0.2) is 0 Å². The first-order chi connectivity index (χ1) is 6.71. The first-order valence-electron chi connectivity index (χ1n) is 5.28. The van der Waals surface area contributed by atoms with Crippen molar-refractivity contribution >= 4 is 0 Å². The molecule has 15 heavy (non-hydrogen) atoms. The fourth-order valence-corrected chi connectivity index (χ4v) is 0.756. The molecule has 0 atom stereocenters. The van der Waals surface area contributed by atoms with Gasteiger partial charge in [-0.1, -0.05) is 23.7 Å². The van der Waals surface area contributed by atoms with Gasteiger partial charge in [0.1, 0.15) is 13.2 Å². The molecule has 0 aliphatic carbocycles. The van der Waals surface area contributed by atoms with E-state index in [1.54, 1.807) is 0 Å². The van der Waals surface area contributed by atoms with Crippen molar-refractivity contribution in [2.75, 3.05) is 13.2 Å². The maximum atomic E-state index is 5.28. The third-order valence-corrected chi connectivity index (χ3v) is 1.28. The molecule has 0 aromatic carbocycles. The van der Waals surface area contributed by atoms with Crippen LogP contribution in [0.2, 0.25) is 0 Å². The molecule has 0 unspecified atom stereocenters. The monoisotopic (exact) mass is 206 g/mol. The van der Waals surface area contributed by atoms with E-state index in [9.17, 15) is 0 Å². The van der Waals surface area contributed by atoms with Gasteiger partial charge in [0.2, 0.25) is 0 Å². The molecule has 0 fully saturated rings. The molecule has 0 amide bonds. The van der Waals surface area contributed by atoms with E-state index in [-0.39, 0.29) is 10.8 Å². The van der Waals surface area contributed by atoms with Crippen molar-refractivity contribution in [3.8, 4) is 23.7 Å². The zero-order valence-electron chi connectivity index (χ0n) is 10.8. The molecule has 1 heteroatoms. The average Bonchev–Trinajstić information content (AvgIpc) is 1.98. The van der Waals surface area contributed by atoms with E-state index in [2.05, 4.69) is 65.2 Å². The van der Waals surface area contributed by atoms with Gasteiger partial charge in [0, 0.05) is 10.8 Å². The summed E-state index contributed by atoms with van der Waals surface area (Å²) in [6.45, 7) is 13.4. The number of rotatable bonds is 2. The van der Waals surface area contributed by atoms with Crippen molar-refractivity contribution in [2.24, 2.45) is 10.8 Å². The summed E-state index contributed by atoms with van der Waals surface area (Å²) in [6, 6.07) is 0. The quantitative estimate of drug-likeness (QED) is 0.498. The van der Waals surface area contributed by atoms with E-state index in [4.69, 9.17) is 4.74 Å². The van der Waals surface area contributed by atoms with Crippen LogP contribution in [0.25, 0.3) is 0 Å². The summed E-state index contributed by atoms with van der Waals surface area (Å²) in [6.07, 6.45) is 0. The highest BCUT2D eigenvalue weighted by molar-refractivity contribution is 5.09. The molecule has 0 heterocycles. The Morgan fingerprint density at radius 3 is 1.33 bits per heavy atom. The van der Waals surface area contributed by atoms with Gasteiger partial charge in [-0.15, -0.1) is 0 Å². The molecular formula is C14H22O. The maximum absolute atomic E-state index is 5.28. The molecule has 0 aromatic heterocycles. The second kappa shape index (κ2) is 5.84. The highest BCUT2D eigenvalue weighted by Gasteiger charge is 2.03. The lowest BCUT2D eigenvalue weighted by Crippen LogP contribution is -2.02. The Hall–Kier alpha value is -0.920. The van der Waals surface area contributed by atoms with Crippen LogP contribution >= 0.6 is 0 Å². The molecule has 0 aliphatic heterocycles. The van der Waals surface area contributed by atoms with Crippen LogP contribution in [0.1, 0.15) is 41.5 Å². The minimum absolute atomic E-state index is 0.0560. The molecule has 0 aromatic rings. The summed E-state index contributed by atoms with van der Waals surface area (Å²) in [5.41, 5.74) is 0.112. The molecule has 0 rings (SSSR count). The molecule has 0 spiro atoms. The minimum atomic E-state index is 0.0560. The van der Waals surface area contributed by atoms with Crippen LogP contribution in [-0.4, -0.2) is 13.2 Å². The van der Waals surface area contributed by atoms with Gasteiger partial charge in [-0.05, 0) is 41.5 Å². The van der Waals surface area contributed by atoms with Crippen molar-refractivity contribution < 1.29 is 4.74 Å². The standard InChI is InChI=1S/C14H22O/c1-13(2,3)9-7-11-15-12-8-10-14(4,5)6/h11-12H2,1-6H3. The first kappa shape index (κ1) is 14.1. The van der Waals surface area contributed by atoms with Gasteiger partial charge in [0.25, 0.3) is 0 Å². The molecule has 0 bridgehead atoms. The predicted molar refractivity (Wildman–Crippen MR) is 65.3 cm³/mol. The molecule has 0 saturated heterocycles. The summed E-state index contributed by atoms with van der Waals surface area (Å²) in [5.74, 6) is 12.2. The predicted octanol–water partition coefficient (Wildman–Crippen LogP) is 3.10. The third-order valence-electron chi connectivity index (χ3n) is 1.28. The van der Waals surface area contributed by atoms with Crippen molar-refractivity contribution in [1.82, 2.24) is 0 Å². The third kappa shape index (κ3) is 13.1. The fourth-order valence-electron chi connectivity index (χ4n) is 0.756. The lowest BCUT2D eigenvalue weighted by Gasteiger charge is -2.07. The molecule has 0 saturated carbocycles.